The van der Waals surface area contributed by atoms with E-state index in [9.17, 15) is 27.2 Å². The van der Waals surface area contributed by atoms with Crippen LogP contribution in [-0.4, -0.2) is 62.1 Å². The maximum Gasteiger partial charge on any atom is 0.244 e. The third-order valence-electron chi connectivity index (χ3n) is 5.44. The number of carbonyl (C=O) groups excluding carboxylic acids is 3. The summed E-state index contributed by atoms with van der Waals surface area (Å²) in [7, 11) is -3.42. The summed E-state index contributed by atoms with van der Waals surface area (Å²) < 4.78 is 35.9. The van der Waals surface area contributed by atoms with Gasteiger partial charge in [-0.1, -0.05) is 12.1 Å². The van der Waals surface area contributed by atoms with Gasteiger partial charge in [-0.25, -0.2) is 12.8 Å². The first kappa shape index (κ1) is 24.0. The van der Waals surface area contributed by atoms with Crippen LogP contribution in [0.3, 0.4) is 0 Å². The number of sulfone groups is 1. The number of hydrogen-bond donors (Lipinski definition) is 1. The molecule has 0 spiro atoms. The highest BCUT2D eigenvalue weighted by molar-refractivity contribution is 7.91. The molecule has 1 heterocycles. The van der Waals surface area contributed by atoms with E-state index in [1.54, 1.807) is 20.8 Å². The molecule has 2 atom stereocenters. The highest BCUT2D eigenvalue weighted by Gasteiger charge is 2.35. The van der Waals surface area contributed by atoms with Gasteiger partial charge in [-0.05, 0) is 51.3 Å². The quantitative estimate of drug-likeness (QED) is 0.692. The van der Waals surface area contributed by atoms with Crippen molar-refractivity contribution in [1.29, 1.82) is 0 Å². The molecule has 2 amide bonds. The fourth-order valence-electron chi connectivity index (χ4n) is 3.53. The van der Waals surface area contributed by atoms with Crippen LogP contribution in [-0.2, 0) is 29.6 Å². The molecule has 2 rings (SSSR count). The number of nitrogens with zero attached hydrogens (tertiary/aromatic N) is 1. The third-order valence-corrected chi connectivity index (χ3v) is 6.25. The van der Waals surface area contributed by atoms with Crippen molar-refractivity contribution >= 4 is 27.4 Å². The normalized spacial score (nSPS) is 18.6. The molecular weight excluding hydrogens is 411 g/mol. The van der Waals surface area contributed by atoms with E-state index in [1.165, 1.54) is 29.2 Å². The lowest BCUT2D eigenvalue weighted by Gasteiger charge is -2.34. The lowest BCUT2D eigenvalue weighted by atomic mass is 9.83. The Hall–Kier alpha value is -2.29. The van der Waals surface area contributed by atoms with Gasteiger partial charge in [0.1, 0.15) is 17.6 Å². The van der Waals surface area contributed by atoms with E-state index in [4.69, 9.17) is 0 Å². The summed E-state index contributed by atoms with van der Waals surface area (Å²) in [5.74, 6) is -2.53. The third kappa shape index (κ3) is 6.10. The van der Waals surface area contributed by atoms with Crippen molar-refractivity contribution in [2.24, 2.45) is 5.92 Å². The van der Waals surface area contributed by atoms with Crippen LogP contribution in [0.4, 0.5) is 4.39 Å². The predicted octanol–water partition coefficient (Wildman–Crippen LogP) is 1.46. The minimum atomic E-state index is -3.42. The Morgan fingerprint density at radius 1 is 1.23 bits per heavy atom. The van der Waals surface area contributed by atoms with E-state index in [0.29, 0.717) is 24.9 Å². The fraction of sp³-hybridized carbons (Fsp3) is 0.571. The highest BCUT2D eigenvalue weighted by atomic mass is 32.2. The summed E-state index contributed by atoms with van der Waals surface area (Å²) in [6.45, 7) is 5.54. The second-order valence-corrected chi connectivity index (χ2v) is 10.6. The number of nitrogens with one attached hydrogen (secondary N) is 1. The van der Waals surface area contributed by atoms with Crippen LogP contribution in [0.25, 0.3) is 0 Å². The molecule has 7 nitrogen and oxygen atoms in total. The topological polar surface area (TPSA) is 101 Å². The molecule has 0 saturated carbocycles. The second kappa shape index (κ2) is 9.24. The van der Waals surface area contributed by atoms with Crippen LogP contribution in [0.1, 0.15) is 39.2 Å². The number of benzene rings is 1. The van der Waals surface area contributed by atoms with Crippen molar-refractivity contribution < 1.29 is 27.2 Å². The van der Waals surface area contributed by atoms with E-state index in [-0.39, 0.29) is 24.1 Å². The summed E-state index contributed by atoms with van der Waals surface area (Å²) in [5.41, 5.74) is -0.358. The number of carbonyl (C=O) groups is 3. The number of likely N-dealkylation sites (tertiary alicyclic amines) is 1. The largest absolute Gasteiger partial charge is 0.344 e. The Bertz CT molecular complexity index is 912. The first-order valence-electron chi connectivity index (χ1n) is 9.87. The Morgan fingerprint density at radius 3 is 2.40 bits per heavy atom. The van der Waals surface area contributed by atoms with E-state index < -0.39 is 38.8 Å². The van der Waals surface area contributed by atoms with Crippen LogP contribution in [0, 0.1) is 11.7 Å². The molecule has 0 radical (unpaired) electrons. The van der Waals surface area contributed by atoms with Gasteiger partial charge in [-0.3, -0.25) is 14.4 Å². The van der Waals surface area contributed by atoms with E-state index in [1.807, 2.05) is 0 Å². The van der Waals surface area contributed by atoms with Gasteiger partial charge in [0.25, 0.3) is 0 Å². The van der Waals surface area contributed by atoms with E-state index in [0.717, 1.165) is 6.26 Å². The molecule has 0 aliphatic carbocycles. The zero-order valence-electron chi connectivity index (χ0n) is 17.8. The molecule has 1 aromatic carbocycles. The number of halogens is 1. The highest BCUT2D eigenvalue weighted by Crippen LogP contribution is 2.24. The van der Waals surface area contributed by atoms with Crippen LogP contribution in [0.5, 0.6) is 0 Å². The van der Waals surface area contributed by atoms with Gasteiger partial charge in [-0.15, -0.1) is 0 Å². The monoisotopic (exact) mass is 440 g/mol. The first-order valence-corrected chi connectivity index (χ1v) is 11.9. The minimum absolute atomic E-state index is 0.148. The number of piperidine rings is 1. The first-order chi connectivity index (χ1) is 13.8. The van der Waals surface area contributed by atoms with Crippen LogP contribution in [0.2, 0.25) is 0 Å². The smallest absolute Gasteiger partial charge is 0.244 e. The average molecular weight is 441 g/mol. The second-order valence-electron chi connectivity index (χ2n) is 8.49. The van der Waals surface area contributed by atoms with Crippen molar-refractivity contribution in [1.82, 2.24) is 10.2 Å². The van der Waals surface area contributed by atoms with E-state index >= 15 is 0 Å². The Kier molecular flexibility index (Phi) is 7.39. The molecule has 1 N–H and O–H groups in total. The number of hydrogen-bond acceptors (Lipinski definition) is 5. The van der Waals surface area contributed by atoms with Crippen molar-refractivity contribution in [3.8, 4) is 0 Å². The number of Topliss-reactive ketones (excluding diaryl/α,β-unsaturated/α-hetero) is 1. The molecule has 1 aliphatic heterocycles. The van der Waals surface area contributed by atoms with Gasteiger partial charge in [0.15, 0.2) is 15.6 Å². The maximum atomic E-state index is 13.2. The summed E-state index contributed by atoms with van der Waals surface area (Å²) in [4.78, 5) is 39.3. The van der Waals surface area contributed by atoms with Crippen molar-refractivity contribution in [3.05, 3.63) is 35.6 Å². The van der Waals surface area contributed by atoms with Gasteiger partial charge >= 0.3 is 0 Å². The minimum Gasteiger partial charge on any atom is -0.344 e. The molecule has 1 aliphatic rings. The molecule has 1 fully saturated rings. The van der Waals surface area contributed by atoms with E-state index in [2.05, 4.69) is 5.32 Å². The van der Waals surface area contributed by atoms with Gasteiger partial charge in [0.2, 0.25) is 11.8 Å². The maximum absolute atomic E-state index is 13.2. The Balaban J connectivity index is 2.01. The number of amides is 2. The molecule has 1 saturated heterocycles. The van der Waals surface area contributed by atoms with Gasteiger partial charge in [0, 0.05) is 25.3 Å². The zero-order chi connectivity index (χ0) is 22.7. The summed E-state index contributed by atoms with van der Waals surface area (Å²) in [6.07, 6.45) is 2.14. The van der Waals surface area contributed by atoms with Gasteiger partial charge < -0.3 is 10.2 Å². The zero-order valence-corrected chi connectivity index (χ0v) is 18.6. The summed E-state index contributed by atoms with van der Waals surface area (Å²) in [6, 6.07) is 4.80. The Labute approximate surface area is 176 Å². The van der Waals surface area contributed by atoms with Crippen LogP contribution in [0.15, 0.2) is 24.3 Å². The average Bonchev–Trinajstić information content (AvgIpc) is 2.66. The van der Waals surface area contributed by atoms with Gasteiger partial charge in [0.05, 0.1) is 5.41 Å². The number of rotatable bonds is 7. The standard InChI is InChI=1S/C21H29FN2O5S/c1-14(23-20(27)21(2,3)16-7-9-17(22)10-8-16)19(26)24-11-5-6-15(12-24)18(25)13-30(4,28)29/h7-10,14-15H,5-6,11-13H2,1-4H3,(H,23,27)/t14-,15?/m1/s1. The summed E-state index contributed by atoms with van der Waals surface area (Å²) in [5, 5.41) is 2.71. The molecule has 166 valence electrons. The molecule has 9 heteroatoms. The lowest BCUT2D eigenvalue weighted by molar-refractivity contribution is -0.139. The molecule has 1 unspecified atom stereocenters. The molecule has 30 heavy (non-hydrogen) atoms. The molecule has 0 aromatic heterocycles. The van der Waals surface area contributed by atoms with Crippen molar-refractivity contribution in [2.45, 2.75) is 45.1 Å². The Morgan fingerprint density at radius 2 is 1.83 bits per heavy atom. The van der Waals surface area contributed by atoms with Crippen molar-refractivity contribution in [2.75, 3.05) is 25.1 Å². The lowest BCUT2D eigenvalue weighted by Crippen LogP contribution is -2.53. The molecular formula is C21H29FN2O5S. The van der Waals surface area contributed by atoms with Crippen molar-refractivity contribution in [3.63, 3.8) is 0 Å². The molecule has 0 bridgehead atoms. The SMILES string of the molecule is C[C@@H](NC(=O)C(C)(C)c1ccc(F)cc1)C(=O)N1CCCC(C(=O)CS(C)(=O)=O)C1. The number of ketones is 1. The molecule has 1 aromatic rings. The van der Waals surface area contributed by atoms with Gasteiger partial charge in [-0.2, -0.15) is 0 Å². The predicted molar refractivity (Wildman–Crippen MR) is 111 cm³/mol. The summed E-state index contributed by atoms with van der Waals surface area (Å²) >= 11 is 0. The van der Waals surface area contributed by atoms with Crippen LogP contribution >= 0.6 is 0 Å². The fourth-order valence-corrected chi connectivity index (χ4v) is 4.28. The van der Waals surface area contributed by atoms with Crippen LogP contribution < -0.4 is 5.32 Å².